The molecule has 3 rings (SSSR count). The molecule has 2 N–H and O–H groups in total. The Morgan fingerprint density at radius 1 is 1.21 bits per heavy atom. The van der Waals surface area contributed by atoms with E-state index in [1.807, 2.05) is 31.2 Å². The van der Waals surface area contributed by atoms with Crippen LogP contribution >= 0.6 is 12.4 Å². The van der Waals surface area contributed by atoms with Gasteiger partial charge in [-0.15, -0.1) is 12.4 Å². The normalized spacial score (nSPS) is 15.7. The summed E-state index contributed by atoms with van der Waals surface area (Å²) >= 11 is 0. The minimum absolute atomic E-state index is 0. The van der Waals surface area contributed by atoms with Crippen LogP contribution in [0.25, 0.3) is 0 Å². The third-order valence-electron chi connectivity index (χ3n) is 5.74. The molecular formula is C22H32ClN3O2. The van der Waals surface area contributed by atoms with Crippen molar-refractivity contribution >= 4 is 18.3 Å². The highest BCUT2D eigenvalue weighted by atomic mass is 35.5. The van der Waals surface area contributed by atoms with Crippen LogP contribution in [0.3, 0.4) is 0 Å². The van der Waals surface area contributed by atoms with Crippen molar-refractivity contribution in [2.24, 2.45) is 5.41 Å². The first kappa shape index (κ1) is 22.5. The number of nitrogens with zero attached hydrogens (tertiary/aromatic N) is 1. The van der Waals surface area contributed by atoms with E-state index in [4.69, 9.17) is 4.74 Å². The number of benzene rings is 1. The highest BCUT2D eigenvalue weighted by molar-refractivity contribution is 5.95. The lowest BCUT2D eigenvalue weighted by Gasteiger charge is -2.37. The molecule has 5 nitrogen and oxygen atoms in total. The minimum atomic E-state index is 0. The third-order valence-corrected chi connectivity index (χ3v) is 5.74. The molecule has 2 aromatic rings. The van der Waals surface area contributed by atoms with Gasteiger partial charge in [0.1, 0.15) is 0 Å². The van der Waals surface area contributed by atoms with E-state index in [1.54, 1.807) is 7.11 Å². The maximum absolute atomic E-state index is 12.9. The Morgan fingerprint density at radius 2 is 1.89 bits per heavy atom. The molecule has 0 bridgehead atoms. The number of halogens is 1. The number of aromatic nitrogens is 1. The molecule has 0 unspecified atom stereocenters. The highest BCUT2D eigenvalue weighted by Gasteiger charge is 2.32. The zero-order chi connectivity index (χ0) is 19.3. The molecule has 1 aromatic heterocycles. The second-order valence-electron chi connectivity index (χ2n) is 7.72. The van der Waals surface area contributed by atoms with Crippen LogP contribution in [0.5, 0.6) is 0 Å². The van der Waals surface area contributed by atoms with Gasteiger partial charge in [0.05, 0.1) is 12.2 Å². The van der Waals surface area contributed by atoms with Crippen LogP contribution in [0.2, 0.25) is 0 Å². The summed E-state index contributed by atoms with van der Waals surface area (Å²) in [6.07, 6.45) is 2.04. The summed E-state index contributed by atoms with van der Waals surface area (Å²) in [5.41, 5.74) is 4.16. The predicted octanol–water partition coefficient (Wildman–Crippen LogP) is 3.32. The van der Waals surface area contributed by atoms with E-state index in [0.717, 1.165) is 49.4 Å². The van der Waals surface area contributed by atoms with Crippen LogP contribution in [-0.4, -0.2) is 43.8 Å². The van der Waals surface area contributed by atoms with Gasteiger partial charge < -0.3 is 19.9 Å². The number of methoxy groups -OCH3 is 1. The molecule has 1 fully saturated rings. The van der Waals surface area contributed by atoms with E-state index in [2.05, 4.69) is 34.3 Å². The predicted molar refractivity (Wildman–Crippen MR) is 115 cm³/mol. The monoisotopic (exact) mass is 405 g/mol. The number of ether oxygens (including phenoxy) is 1. The van der Waals surface area contributed by atoms with E-state index in [1.165, 1.54) is 5.56 Å². The fraction of sp³-hybridized carbons (Fsp3) is 0.500. The minimum Gasteiger partial charge on any atom is -0.384 e. The molecule has 6 heteroatoms. The number of nitrogens with one attached hydrogen (secondary N) is 2. The number of amides is 1. The molecule has 28 heavy (non-hydrogen) atoms. The second kappa shape index (κ2) is 10.1. The summed E-state index contributed by atoms with van der Waals surface area (Å²) in [6.45, 7) is 8.17. The molecule has 0 spiro atoms. The van der Waals surface area contributed by atoms with Crippen molar-refractivity contribution in [1.29, 1.82) is 0 Å². The SMILES string of the molecule is COCC1(CNC(=O)c2cc(C)n(Cc3ccccc3)c2C)CCNCC1.Cl. The topological polar surface area (TPSA) is 55.3 Å². The molecule has 0 radical (unpaired) electrons. The van der Waals surface area contributed by atoms with Gasteiger partial charge in [-0.1, -0.05) is 30.3 Å². The number of hydrogen-bond acceptors (Lipinski definition) is 3. The molecule has 1 saturated heterocycles. The van der Waals surface area contributed by atoms with Gasteiger partial charge in [0, 0.05) is 37.0 Å². The van der Waals surface area contributed by atoms with Crippen molar-refractivity contribution in [2.75, 3.05) is 33.4 Å². The van der Waals surface area contributed by atoms with Crippen LogP contribution in [0.15, 0.2) is 36.4 Å². The summed E-state index contributed by atoms with van der Waals surface area (Å²) < 4.78 is 7.66. The molecule has 1 amide bonds. The lowest BCUT2D eigenvalue weighted by atomic mass is 9.79. The smallest absolute Gasteiger partial charge is 0.253 e. The lowest BCUT2D eigenvalue weighted by molar-refractivity contribution is 0.0511. The number of aryl methyl sites for hydroxylation is 1. The van der Waals surface area contributed by atoms with Crippen LogP contribution in [0.4, 0.5) is 0 Å². The van der Waals surface area contributed by atoms with E-state index in [-0.39, 0.29) is 23.7 Å². The number of hydrogen-bond donors (Lipinski definition) is 2. The lowest BCUT2D eigenvalue weighted by Crippen LogP contribution is -2.47. The van der Waals surface area contributed by atoms with Crippen molar-refractivity contribution < 1.29 is 9.53 Å². The largest absolute Gasteiger partial charge is 0.384 e. The van der Waals surface area contributed by atoms with Gasteiger partial charge in [0.25, 0.3) is 5.91 Å². The average Bonchev–Trinajstić information content (AvgIpc) is 2.96. The van der Waals surface area contributed by atoms with Gasteiger partial charge in [-0.25, -0.2) is 0 Å². The standard InChI is InChI=1S/C22H31N3O2.ClH/c1-17-13-20(18(2)25(17)14-19-7-5-4-6-8-19)21(26)24-15-22(16-27-3)9-11-23-12-10-22;/h4-8,13,23H,9-12,14-16H2,1-3H3,(H,24,26);1H. The van der Waals surface area contributed by atoms with Gasteiger partial charge in [0.2, 0.25) is 0 Å². The molecule has 0 aliphatic carbocycles. The third kappa shape index (κ3) is 5.16. The van der Waals surface area contributed by atoms with Crippen LogP contribution < -0.4 is 10.6 Å². The molecule has 154 valence electrons. The highest BCUT2D eigenvalue weighted by Crippen LogP contribution is 2.28. The molecule has 1 aliphatic rings. The summed E-state index contributed by atoms with van der Waals surface area (Å²) in [4.78, 5) is 12.9. The fourth-order valence-corrected chi connectivity index (χ4v) is 4.04. The molecule has 1 aliphatic heterocycles. The Kier molecular flexibility index (Phi) is 8.10. The quantitative estimate of drug-likeness (QED) is 0.742. The first-order valence-corrected chi connectivity index (χ1v) is 9.73. The number of piperidine rings is 1. The van der Waals surface area contributed by atoms with Gasteiger partial charge in [-0.05, 0) is 51.4 Å². The Morgan fingerprint density at radius 3 is 2.54 bits per heavy atom. The van der Waals surface area contributed by atoms with E-state index >= 15 is 0 Å². The van der Waals surface area contributed by atoms with E-state index in [9.17, 15) is 4.79 Å². The van der Waals surface area contributed by atoms with Crippen molar-refractivity contribution in [1.82, 2.24) is 15.2 Å². The maximum Gasteiger partial charge on any atom is 0.253 e. The first-order chi connectivity index (χ1) is 13.0. The van der Waals surface area contributed by atoms with E-state index in [0.29, 0.717) is 13.2 Å². The zero-order valence-corrected chi connectivity index (χ0v) is 17.9. The Balaban J connectivity index is 0.00000280. The number of rotatable bonds is 7. The number of carbonyl (C=O) groups is 1. The van der Waals surface area contributed by atoms with Crippen molar-refractivity contribution in [3.05, 3.63) is 58.9 Å². The molecular weight excluding hydrogens is 374 g/mol. The van der Waals surface area contributed by atoms with Crippen molar-refractivity contribution in [2.45, 2.75) is 33.2 Å². The van der Waals surface area contributed by atoms with E-state index < -0.39 is 0 Å². The first-order valence-electron chi connectivity index (χ1n) is 9.73. The van der Waals surface area contributed by atoms with Crippen molar-refractivity contribution in [3.8, 4) is 0 Å². The molecule has 1 aromatic carbocycles. The molecule has 0 saturated carbocycles. The summed E-state index contributed by atoms with van der Waals surface area (Å²) in [5.74, 6) is 0.0106. The van der Waals surface area contributed by atoms with Gasteiger partial charge in [-0.2, -0.15) is 0 Å². The van der Waals surface area contributed by atoms with Crippen LogP contribution in [0.1, 0.15) is 40.2 Å². The Labute approximate surface area is 174 Å². The summed E-state index contributed by atoms with van der Waals surface area (Å²) in [7, 11) is 1.74. The molecule has 0 atom stereocenters. The zero-order valence-electron chi connectivity index (χ0n) is 17.1. The maximum atomic E-state index is 12.9. The fourth-order valence-electron chi connectivity index (χ4n) is 4.04. The Bertz CT molecular complexity index is 762. The summed E-state index contributed by atoms with van der Waals surface area (Å²) in [6, 6.07) is 12.3. The average molecular weight is 406 g/mol. The van der Waals surface area contributed by atoms with Crippen LogP contribution in [0, 0.1) is 19.3 Å². The van der Waals surface area contributed by atoms with Crippen molar-refractivity contribution in [3.63, 3.8) is 0 Å². The van der Waals surface area contributed by atoms with Crippen LogP contribution in [-0.2, 0) is 11.3 Å². The number of carbonyl (C=O) groups excluding carboxylic acids is 1. The Hall–Kier alpha value is -1.82. The van der Waals surface area contributed by atoms with Gasteiger partial charge >= 0.3 is 0 Å². The van der Waals surface area contributed by atoms with Gasteiger partial charge in [-0.3, -0.25) is 4.79 Å². The van der Waals surface area contributed by atoms with Gasteiger partial charge in [0.15, 0.2) is 0 Å². The summed E-state index contributed by atoms with van der Waals surface area (Å²) in [5, 5.41) is 6.57. The molecule has 2 heterocycles. The second-order valence-corrected chi connectivity index (χ2v) is 7.72.